The first-order valence-corrected chi connectivity index (χ1v) is 9.83. The molecule has 0 radical (unpaired) electrons. The molecule has 0 bridgehead atoms. The third-order valence-electron chi connectivity index (χ3n) is 4.93. The van der Waals surface area contributed by atoms with E-state index < -0.39 is 18.2 Å². The van der Waals surface area contributed by atoms with Crippen LogP contribution >= 0.6 is 0 Å². The number of carbonyl (C=O) groups is 1. The number of carboxylic acids is 1. The molecule has 5 nitrogen and oxygen atoms in total. The lowest BCUT2D eigenvalue weighted by atomic mass is 10.0. The molecule has 0 aliphatic rings. The first-order chi connectivity index (χ1) is 13.9. The fourth-order valence-corrected chi connectivity index (χ4v) is 3.76. The van der Waals surface area contributed by atoms with Crippen LogP contribution in [0.1, 0.15) is 38.4 Å². The average molecular weight is 393 g/mol. The molecule has 3 rings (SSSR count). The summed E-state index contributed by atoms with van der Waals surface area (Å²) in [6, 6.07) is 18.5. The van der Waals surface area contributed by atoms with E-state index in [1.165, 1.54) is 0 Å². The molecule has 0 spiro atoms. The van der Waals surface area contributed by atoms with E-state index >= 15 is 0 Å². The number of aliphatic hydroxyl groups is 2. The summed E-state index contributed by atoms with van der Waals surface area (Å²) in [6.45, 7) is 4.23. The summed E-state index contributed by atoms with van der Waals surface area (Å²) in [6.07, 6.45) is 1.08. The monoisotopic (exact) mass is 393 g/mol. The number of hydrogen-bond donors (Lipinski definition) is 3. The third kappa shape index (κ3) is 4.75. The van der Waals surface area contributed by atoms with Crippen molar-refractivity contribution in [3.8, 4) is 11.1 Å². The van der Waals surface area contributed by atoms with Gasteiger partial charge in [-0.1, -0.05) is 54.6 Å². The van der Waals surface area contributed by atoms with Crippen molar-refractivity contribution in [2.24, 2.45) is 0 Å². The SMILES string of the molecule is CC(C)n1c(/C=C/[C@@H](O)C[C@@H](O)CC(=O)O)c(-c2ccccc2)c2ccccc21. The molecule has 2 atom stereocenters. The molecular weight excluding hydrogens is 366 g/mol. The number of aromatic nitrogens is 1. The maximum Gasteiger partial charge on any atom is 0.305 e. The zero-order valence-electron chi connectivity index (χ0n) is 16.7. The fourth-order valence-electron chi connectivity index (χ4n) is 3.76. The van der Waals surface area contributed by atoms with Crippen molar-refractivity contribution in [3.05, 3.63) is 66.4 Å². The largest absolute Gasteiger partial charge is 0.481 e. The van der Waals surface area contributed by atoms with Crippen LogP contribution in [0.4, 0.5) is 0 Å². The van der Waals surface area contributed by atoms with Crippen molar-refractivity contribution in [3.63, 3.8) is 0 Å². The Bertz CT molecular complexity index is 1000. The Hall–Kier alpha value is -2.89. The Kier molecular flexibility index (Phi) is 6.52. The fraction of sp³-hybridized carbons (Fsp3) is 0.292. The minimum atomic E-state index is -1.09. The van der Waals surface area contributed by atoms with Gasteiger partial charge in [0.2, 0.25) is 0 Å². The summed E-state index contributed by atoms with van der Waals surface area (Å²) in [5, 5.41) is 30.0. The molecule has 0 amide bonds. The van der Waals surface area contributed by atoms with Gasteiger partial charge >= 0.3 is 5.97 Å². The van der Waals surface area contributed by atoms with Gasteiger partial charge < -0.3 is 19.9 Å². The van der Waals surface area contributed by atoms with Gasteiger partial charge in [0.15, 0.2) is 0 Å². The molecule has 152 valence electrons. The maximum atomic E-state index is 10.7. The average Bonchev–Trinajstić information content (AvgIpc) is 3.00. The molecule has 1 heterocycles. The Labute approximate surface area is 170 Å². The summed E-state index contributed by atoms with van der Waals surface area (Å²) >= 11 is 0. The lowest BCUT2D eigenvalue weighted by molar-refractivity contribution is -0.139. The van der Waals surface area contributed by atoms with E-state index in [4.69, 9.17) is 5.11 Å². The maximum absolute atomic E-state index is 10.7. The molecule has 5 heteroatoms. The first kappa shape index (κ1) is 20.8. The van der Waals surface area contributed by atoms with E-state index in [9.17, 15) is 15.0 Å². The summed E-state index contributed by atoms with van der Waals surface area (Å²) in [7, 11) is 0. The molecule has 3 aromatic rings. The van der Waals surface area contributed by atoms with Crippen LogP contribution in [0.5, 0.6) is 0 Å². The second-order valence-corrected chi connectivity index (χ2v) is 7.52. The second-order valence-electron chi connectivity index (χ2n) is 7.52. The van der Waals surface area contributed by atoms with E-state index in [-0.39, 0.29) is 18.9 Å². The summed E-state index contributed by atoms with van der Waals surface area (Å²) in [4.78, 5) is 10.7. The minimum absolute atomic E-state index is 0.0224. The Morgan fingerprint density at radius 1 is 1.03 bits per heavy atom. The van der Waals surface area contributed by atoms with Crippen LogP contribution in [0.3, 0.4) is 0 Å². The number of aliphatic carboxylic acids is 1. The van der Waals surface area contributed by atoms with Crippen LogP contribution in [-0.2, 0) is 4.79 Å². The highest BCUT2D eigenvalue weighted by atomic mass is 16.4. The van der Waals surface area contributed by atoms with Crippen LogP contribution in [0, 0.1) is 0 Å². The molecular formula is C24H27NO4. The van der Waals surface area contributed by atoms with Gasteiger partial charge in [0.05, 0.1) is 18.6 Å². The normalized spacial score (nSPS) is 14.0. The van der Waals surface area contributed by atoms with Gasteiger partial charge in [0, 0.05) is 34.6 Å². The molecule has 29 heavy (non-hydrogen) atoms. The molecule has 0 unspecified atom stereocenters. The highest BCUT2D eigenvalue weighted by Gasteiger charge is 2.19. The molecule has 0 aliphatic heterocycles. The van der Waals surface area contributed by atoms with Gasteiger partial charge in [-0.25, -0.2) is 0 Å². The molecule has 2 aromatic carbocycles. The number of aliphatic hydroxyl groups excluding tert-OH is 2. The summed E-state index contributed by atoms with van der Waals surface area (Å²) in [5.74, 6) is -1.08. The number of benzene rings is 2. The van der Waals surface area contributed by atoms with Gasteiger partial charge in [0.25, 0.3) is 0 Å². The predicted octanol–water partition coefficient (Wildman–Crippen LogP) is 4.49. The van der Waals surface area contributed by atoms with Gasteiger partial charge in [-0.3, -0.25) is 4.79 Å². The highest BCUT2D eigenvalue weighted by Crippen LogP contribution is 2.37. The molecule has 3 N–H and O–H groups in total. The van der Waals surface area contributed by atoms with Gasteiger partial charge in [-0.15, -0.1) is 0 Å². The van der Waals surface area contributed by atoms with Crippen molar-refractivity contribution >= 4 is 22.9 Å². The molecule has 0 aliphatic carbocycles. The van der Waals surface area contributed by atoms with Crippen LogP contribution in [-0.4, -0.2) is 38.1 Å². The molecule has 0 saturated heterocycles. The zero-order chi connectivity index (χ0) is 21.0. The molecule has 0 fully saturated rings. The third-order valence-corrected chi connectivity index (χ3v) is 4.93. The van der Waals surface area contributed by atoms with Gasteiger partial charge in [0.1, 0.15) is 0 Å². The van der Waals surface area contributed by atoms with Crippen LogP contribution in [0.15, 0.2) is 60.7 Å². The lowest BCUT2D eigenvalue weighted by Crippen LogP contribution is -2.19. The minimum Gasteiger partial charge on any atom is -0.481 e. The Balaban J connectivity index is 2.06. The Morgan fingerprint density at radius 3 is 2.34 bits per heavy atom. The van der Waals surface area contributed by atoms with Crippen LogP contribution < -0.4 is 0 Å². The summed E-state index contributed by atoms with van der Waals surface area (Å²) in [5.41, 5.74) is 4.26. The van der Waals surface area contributed by atoms with Crippen LogP contribution in [0.25, 0.3) is 28.1 Å². The number of para-hydroxylation sites is 1. The second kappa shape index (κ2) is 9.07. The van der Waals surface area contributed by atoms with Crippen LogP contribution in [0.2, 0.25) is 0 Å². The van der Waals surface area contributed by atoms with E-state index in [2.05, 4.69) is 42.7 Å². The van der Waals surface area contributed by atoms with E-state index in [0.717, 1.165) is 27.7 Å². The number of rotatable bonds is 8. The van der Waals surface area contributed by atoms with E-state index in [1.54, 1.807) is 6.08 Å². The quantitative estimate of drug-likeness (QED) is 0.527. The smallest absolute Gasteiger partial charge is 0.305 e. The van der Waals surface area contributed by atoms with Crippen molar-refractivity contribution in [2.75, 3.05) is 0 Å². The van der Waals surface area contributed by atoms with Gasteiger partial charge in [-0.2, -0.15) is 0 Å². The van der Waals surface area contributed by atoms with Crippen molar-refractivity contribution in [2.45, 2.75) is 44.9 Å². The van der Waals surface area contributed by atoms with E-state index in [1.807, 2.05) is 36.4 Å². The Morgan fingerprint density at radius 2 is 1.69 bits per heavy atom. The van der Waals surface area contributed by atoms with Gasteiger partial charge in [-0.05, 0) is 31.6 Å². The van der Waals surface area contributed by atoms with Crippen molar-refractivity contribution in [1.82, 2.24) is 4.57 Å². The number of fused-ring (bicyclic) bond motifs is 1. The molecule has 1 aromatic heterocycles. The number of hydrogen-bond acceptors (Lipinski definition) is 3. The van der Waals surface area contributed by atoms with Crippen molar-refractivity contribution < 1.29 is 20.1 Å². The summed E-state index contributed by atoms with van der Waals surface area (Å²) < 4.78 is 2.23. The standard InChI is InChI=1S/C24H27NO4/c1-16(2)25-21-11-7-6-10-20(21)24(17-8-4-3-5-9-17)22(25)13-12-18(26)14-19(27)15-23(28)29/h3-13,16,18-19,26-27H,14-15H2,1-2H3,(H,28,29)/b13-12+/t18-,19-/m1/s1. The first-order valence-electron chi connectivity index (χ1n) is 9.83. The highest BCUT2D eigenvalue weighted by molar-refractivity contribution is 6.01. The zero-order valence-corrected chi connectivity index (χ0v) is 16.7. The number of nitrogens with zero attached hydrogens (tertiary/aromatic N) is 1. The van der Waals surface area contributed by atoms with E-state index in [0.29, 0.717) is 0 Å². The topological polar surface area (TPSA) is 82.7 Å². The number of carboxylic acid groups (broad SMARTS) is 1. The predicted molar refractivity (Wildman–Crippen MR) is 116 cm³/mol. The molecule has 0 saturated carbocycles. The lowest BCUT2D eigenvalue weighted by Gasteiger charge is -2.15. The van der Waals surface area contributed by atoms with Crippen molar-refractivity contribution in [1.29, 1.82) is 0 Å².